The molecule has 0 radical (unpaired) electrons. The van der Waals surface area contributed by atoms with Crippen LogP contribution in [0.25, 0.3) is 0 Å². The molecule has 2 rings (SSSR count). The summed E-state index contributed by atoms with van der Waals surface area (Å²) in [6.07, 6.45) is 7.81. The zero-order valence-electron chi connectivity index (χ0n) is 11.3. The van der Waals surface area contributed by atoms with E-state index in [0.29, 0.717) is 18.8 Å². The van der Waals surface area contributed by atoms with Gasteiger partial charge in [0.2, 0.25) is 0 Å². The molecule has 1 saturated carbocycles. The number of imidazole rings is 1. The van der Waals surface area contributed by atoms with Crippen molar-refractivity contribution in [3.05, 3.63) is 24.7 Å². The van der Waals surface area contributed by atoms with Gasteiger partial charge in [0.15, 0.2) is 5.03 Å². The van der Waals surface area contributed by atoms with E-state index in [1.54, 1.807) is 10.4 Å². The molecule has 0 unspecified atom stereocenters. The first-order valence-corrected chi connectivity index (χ1v) is 8.20. The number of aromatic amines is 1. The Balaban J connectivity index is 2.30. The van der Waals surface area contributed by atoms with E-state index in [1.165, 1.54) is 6.20 Å². The van der Waals surface area contributed by atoms with Crippen LogP contribution in [0.15, 0.2) is 23.9 Å². The van der Waals surface area contributed by atoms with Crippen LogP contribution >= 0.6 is 0 Å². The second-order valence-corrected chi connectivity index (χ2v) is 6.71. The van der Waals surface area contributed by atoms with Crippen LogP contribution in [0, 0.1) is 0 Å². The second-order valence-electron chi connectivity index (χ2n) is 4.85. The van der Waals surface area contributed by atoms with E-state index in [4.69, 9.17) is 0 Å². The Morgan fingerprint density at radius 2 is 2.21 bits per heavy atom. The Bertz CT molecular complexity index is 530. The molecule has 0 atom stereocenters. The zero-order chi connectivity index (χ0) is 13.9. The van der Waals surface area contributed by atoms with Crippen LogP contribution in [-0.4, -0.2) is 35.3 Å². The average Bonchev–Trinajstić information content (AvgIpc) is 3.06. The lowest BCUT2D eigenvalue weighted by molar-refractivity contribution is 0.346. The molecule has 0 aromatic carbocycles. The number of aromatic nitrogens is 2. The van der Waals surface area contributed by atoms with Crippen LogP contribution in [0.4, 0.5) is 0 Å². The number of nitrogens with zero attached hydrogens (tertiary/aromatic N) is 2. The lowest BCUT2D eigenvalue weighted by atomic mass is 10.2. The summed E-state index contributed by atoms with van der Waals surface area (Å²) in [5.74, 6) is 0.698. The van der Waals surface area contributed by atoms with Crippen molar-refractivity contribution in [2.24, 2.45) is 0 Å². The van der Waals surface area contributed by atoms with Gasteiger partial charge in [-0.2, -0.15) is 4.31 Å². The van der Waals surface area contributed by atoms with E-state index >= 15 is 0 Å². The molecule has 0 spiro atoms. The maximum absolute atomic E-state index is 12.6. The van der Waals surface area contributed by atoms with E-state index in [1.807, 2.05) is 6.92 Å². The SMILES string of the molecule is C=CCN(C1CCCC1)S(=O)(=O)c1cnc(CC)[nH]1. The maximum Gasteiger partial charge on any atom is 0.260 e. The number of rotatable bonds is 6. The van der Waals surface area contributed by atoms with Gasteiger partial charge in [0.25, 0.3) is 10.0 Å². The first-order valence-electron chi connectivity index (χ1n) is 6.76. The Morgan fingerprint density at radius 1 is 1.53 bits per heavy atom. The predicted molar refractivity (Wildman–Crippen MR) is 74.3 cm³/mol. The fourth-order valence-electron chi connectivity index (χ4n) is 2.54. The fraction of sp³-hybridized carbons (Fsp3) is 0.615. The second kappa shape index (κ2) is 5.88. The predicted octanol–water partition coefficient (Wildman–Crippen LogP) is 2.09. The van der Waals surface area contributed by atoms with Crippen molar-refractivity contribution < 1.29 is 8.42 Å². The Morgan fingerprint density at radius 3 is 2.74 bits per heavy atom. The first-order chi connectivity index (χ1) is 9.09. The topological polar surface area (TPSA) is 66.1 Å². The van der Waals surface area contributed by atoms with E-state index in [-0.39, 0.29) is 11.1 Å². The molecule has 1 heterocycles. The number of hydrogen-bond acceptors (Lipinski definition) is 3. The number of nitrogens with one attached hydrogen (secondary N) is 1. The molecule has 0 saturated heterocycles. The molecule has 1 aromatic heterocycles. The monoisotopic (exact) mass is 283 g/mol. The number of hydrogen-bond donors (Lipinski definition) is 1. The van der Waals surface area contributed by atoms with Gasteiger partial charge < -0.3 is 4.98 Å². The van der Waals surface area contributed by atoms with Crippen molar-refractivity contribution >= 4 is 10.0 Å². The van der Waals surface area contributed by atoms with Crippen LogP contribution in [0.2, 0.25) is 0 Å². The third-order valence-corrected chi connectivity index (χ3v) is 5.40. The van der Waals surface area contributed by atoms with E-state index in [2.05, 4.69) is 16.5 Å². The third kappa shape index (κ3) is 2.90. The van der Waals surface area contributed by atoms with Crippen molar-refractivity contribution in [2.75, 3.05) is 6.54 Å². The Kier molecular flexibility index (Phi) is 4.42. The van der Waals surface area contributed by atoms with Crippen LogP contribution in [-0.2, 0) is 16.4 Å². The van der Waals surface area contributed by atoms with Gasteiger partial charge in [0.05, 0.1) is 6.20 Å². The molecule has 0 amide bonds. The summed E-state index contributed by atoms with van der Waals surface area (Å²) in [5.41, 5.74) is 0. The van der Waals surface area contributed by atoms with Gasteiger partial charge >= 0.3 is 0 Å². The molecule has 0 aliphatic heterocycles. The molecule has 5 nitrogen and oxygen atoms in total. The van der Waals surface area contributed by atoms with Crippen LogP contribution in [0.3, 0.4) is 0 Å². The lowest BCUT2D eigenvalue weighted by Crippen LogP contribution is -2.39. The van der Waals surface area contributed by atoms with Crippen molar-refractivity contribution in [1.29, 1.82) is 0 Å². The molecular formula is C13H21N3O2S. The van der Waals surface area contributed by atoms with Crippen LogP contribution < -0.4 is 0 Å². The first kappa shape index (κ1) is 14.3. The minimum atomic E-state index is -3.49. The fourth-order valence-corrected chi connectivity index (χ4v) is 4.13. The van der Waals surface area contributed by atoms with Crippen molar-refractivity contribution in [1.82, 2.24) is 14.3 Å². The summed E-state index contributed by atoms with van der Waals surface area (Å²) in [6, 6.07) is 0.0939. The quantitative estimate of drug-likeness (QED) is 0.813. The molecule has 1 aromatic rings. The van der Waals surface area contributed by atoms with Crippen molar-refractivity contribution in [3.8, 4) is 0 Å². The van der Waals surface area contributed by atoms with E-state index in [0.717, 1.165) is 25.7 Å². The van der Waals surface area contributed by atoms with E-state index in [9.17, 15) is 8.42 Å². The standard InChI is InChI=1S/C13H21N3O2S/c1-3-9-16(11-7-5-6-8-11)19(17,18)13-10-14-12(4-2)15-13/h3,10-11H,1,4-9H2,2H3,(H,14,15). The molecule has 1 aliphatic carbocycles. The van der Waals surface area contributed by atoms with Gasteiger partial charge in [-0.05, 0) is 12.8 Å². The van der Waals surface area contributed by atoms with Gasteiger partial charge in [-0.1, -0.05) is 25.8 Å². The molecule has 6 heteroatoms. The Hall–Kier alpha value is -1.14. The lowest BCUT2D eigenvalue weighted by Gasteiger charge is -2.26. The highest BCUT2D eigenvalue weighted by atomic mass is 32.2. The highest BCUT2D eigenvalue weighted by Gasteiger charge is 2.33. The van der Waals surface area contributed by atoms with Gasteiger partial charge in [0, 0.05) is 19.0 Å². The maximum atomic E-state index is 12.6. The van der Waals surface area contributed by atoms with Crippen LogP contribution in [0.5, 0.6) is 0 Å². The molecular weight excluding hydrogens is 262 g/mol. The third-order valence-electron chi connectivity index (χ3n) is 3.57. The molecule has 1 N–H and O–H groups in total. The van der Waals surface area contributed by atoms with Crippen molar-refractivity contribution in [3.63, 3.8) is 0 Å². The molecule has 106 valence electrons. The summed E-state index contributed by atoms with van der Waals surface area (Å²) in [4.78, 5) is 6.97. The average molecular weight is 283 g/mol. The van der Waals surface area contributed by atoms with Gasteiger partial charge in [-0.15, -0.1) is 6.58 Å². The smallest absolute Gasteiger partial charge is 0.260 e. The van der Waals surface area contributed by atoms with Crippen molar-refractivity contribution in [2.45, 2.75) is 50.1 Å². The number of aryl methyl sites for hydroxylation is 1. The highest BCUT2D eigenvalue weighted by molar-refractivity contribution is 7.89. The van der Waals surface area contributed by atoms with Gasteiger partial charge in [-0.3, -0.25) is 0 Å². The Labute approximate surface area is 114 Å². The molecule has 19 heavy (non-hydrogen) atoms. The summed E-state index contributed by atoms with van der Waals surface area (Å²) >= 11 is 0. The van der Waals surface area contributed by atoms with Gasteiger partial charge in [-0.25, -0.2) is 13.4 Å². The minimum absolute atomic E-state index is 0.0939. The van der Waals surface area contributed by atoms with E-state index < -0.39 is 10.0 Å². The molecule has 0 bridgehead atoms. The largest absolute Gasteiger partial charge is 0.332 e. The van der Waals surface area contributed by atoms with Crippen LogP contribution in [0.1, 0.15) is 38.4 Å². The molecule has 1 fully saturated rings. The normalized spacial score (nSPS) is 17.2. The summed E-state index contributed by atoms with van der Waals surface area (Å²) in [6.45, 7) is 5.96. The highest BCUT2D eigenvalue weighted by Crippen LogP contribution is 2.28. The number of sulfonamides is 1. The molecule has 1 aliphatic rings. The number of H-pyrrole nitrogens is 1. The van der Waals surface area contributed by atoms with Gasteiger partial charge in [0.1, 0.15) is 5.82 Å². The summed E-state index contributed by atoms with van der Waals surface area (Å²) in [7, 11) is -3.49. The zero-order valence-corrected chi connectivity index (χ0v) is 12.1. The summed E-state index contributed by atoms with van der Waals surface area (Å²) in [5, 5.41) is 0.193. The minimum Gasteiger partial charge on any atom is -0.332 e. The summed E-state index contributed by atoms with van der Waals surface area (Å²) < 4.78 is 26.8.